The summed E-state index contributed by atoms with van der Waals surface area (Å²) in [5.41, 5.74) is 4.21. The van der Waals surface area contributed by atoms with Crippen LogP contribution in [0, 0.1) is 12.3 Å². The van der Waals surface area contributed by atoms with Gasteiger partial charge in [0.05, 0.1) is 12.5 Å². The first-order valence-corrected chi connectivity index (χ1v) is 8.51. The fourth-order valence-electron chi connectivity index (χ4n) is 3.40. The molecule has 0 fully saturated rings. The standard InChI is InChI=1S/C21H18F3NO2/c1-2-7-14(12-21(22,23)24)25-20(26)27-13-19-17-10-5-3-8-15(17)16-9-4-6-11-18(16)19/h1,3-6,8-11,14,19H,7,12-13H2,(H,25,26). The van der Waals surface area contributed by atoms with Gasteiger partial charge < -0.3 is 10.1 Å². The van der Waals surface area contributed by atoms with E-state index in [4.69, 9.17) is 11.2 Å². The van der Waals surface area contributed by atoms with Crippen molar-refractivity contribution in [2.75, 3.05) is 6.61 Å². The number of hydrogen-bond donors (Lipinski definition) is 1. The second-order valence-electron chi connectivity index (χ2n) is 6.39. The Labute approximate surface area is 155 Å². The lowest BCUT2D eigenvalue weighted by atomic mass is 9.98. The Morgan fingerprint density at radius 1 is 1.11 bits per heavy atom. The van der Waals surface area contributed by atoms with Gasteiger partial charge in [-0.05, 0) is 22.3 Å². The fourth-order valence-corrected chi connectivity index (χ4v) is 3.40. The van der Waals surface area contributed by atoms with E-state index in [-0.39, 0.29) is 18.9 Å². The second-order valence-corrected chi connectivity index (χ2v) is 6.39. The van der Waals surface area contributed by atoms with Crippen LogP contribution in [0.25, 0.3) is 11.1 Å². The molecule has 27 heavy (non-hydrogen) atoms. The van der Waals surface area contributed by atoms with E-state index in [9.17, 15) is 18.0 Å². The quantitative estimate of drug-likeness (QED) is 0.760. The van der Waals surface area contributed by atoms with Crippen molar-refractivity contribution < 1.29 is 22.7 Å². The SMILES string of the molecule is C#CCC(CC(F)(F)F)NC(=O)OCC1c2ccccc2-c2ccccc21. The highest BCUT2D eigenvalue weighted by molar-refractivity contribution is 5.79. The second kappa shape index (κ2) is 7.75. The Balaban J connectivity index is 1.68. The van der Waals surface area contributed by atoms with Crippen molar-refractivity contribution in [3.8, 4) is 23.5 Å². The summed E-state index contributed by atoms with van der Waals surface area (Å²) in [5.74, 6) is 1.99. The van der Waals surface area contributed by atoms with E-state index in [1.54, 1.807) is 0 Å². The van der Waals surface area contributed by atoms with Crippen molar-refractivity contribution in [1.82, 2.24) is 5.32 Å². The highest BCUT2D eigenvalue weighted by Crippen LogP contribution is 2.44. The van der Waals surface area contributed by atoms with Crippen LogP contribution in [0.5, 0.6) is 0 Å². The number of nitrogens with one attached hydrogen (secondary N) is 1. The van der Waals surface area contributed by atoms with Crippen molar-refractivity contribution in [1.29, 1.82) is 0 Å². The van der Waals surface area contributed by atoms with Gasteiger partial charge in [-0.15, -0.1) is 12.3 Å². The highest BCUT2D eigenvalue weighted by Gasteiger charge is 2.33. The summed E-state index contributed by atoms with van der Waals surface area (Å²) >= 11 is 0. The molecule has 3 nitrogen and oxygen atoms in total. The molecule has 6 heteroatoms. The lowest BCUT2D eigenvalue weighted by molar-refractivity contribution is -0.139. The molecule has 0 radical (unpaired) electrons. The molecular formula is C21H18F3NO2. The maximum Gasteiger partial charge on any atom is 0.407 e. The lowest BCUT2D eigenvalue weighted by Crippen LogP contribution is -2.38. The Morgan fingerprint density at radius 3 is 2.19 bits per heavy atom. The van der Waals surface area contributed by atoms with Crippen molar-refractivity contribution in [3.05, 3.63) is 59.7 Å². The van der Waals surface area contributed by atoms with E-state index in [0.29, 0.717) is 0 Å². The molecule has 3 rings (SSSR count). The number of rotatable bonds is 5. The largest absolute Gasteiger partial charge is 0.449 e. The van der Waals surface area contributed by atoms with Gasteiger partial charge in [0.25, 0.3) is 0 Å². The number of benzene rings is 2. The molecule has 1 unspecified atom stereocenters. The number of ether oxygens (including phenoxy) is 1. The number of fused-ring (bicyclic) bond motifs is 3. The normalized spacial score (nSPS) is 14.0. The molecule has 0 aliphatic heterocycles. The molecule has 0 aromatic heterocycles. The van der Waals surface area contributed by atoms with Crippen LogP contribution in [0.1, 0.15) is 29.9 Å². The molecule has 1 atom stereocenters. The van der Waals surface area contributed by atoms with Crippen LogP contribution in [-0.4, -0.2) is 24.9 Å². The predicted molar refractivity (Wildman–Crippen MR) is 96.1 cm³/mol. The summed E-state index contributed by atoms with van der Waals surface area (Å²) < 4.78 is 43.0. The number of carbonyl (C=O) groups excluding carboxylic acids is 1. The Kier molecular flexibility index (Phi) is 5.41. The van der Waals surface area contributed by atoms with Gasteiger partial charge in [-0.25, -0.2) is 4.79 Å². The maximum atomic E-state index is 12.6. The van der Waals surface area contributed by atoms with Crippen molar-refractivity contribution in [2.45, 2.75) is 31.0 Å². The smallest absolute Gasteiger partial charge is 0.407 e. The third-order valence-corrected chi connectivity index (χ3v) is 4.51. The zero-order valence-corrected chi connectivity index (χ0v) is 14.4. The molecule has 1 N–H and O–H groups in total. The van der Waals surface area contributed by atoms with Gasteiger partial charge in [0.2, 0.25) is 0 Å². The Bertz CT molecular complexity index is 825. The summed E-state index contributed by atoms with van der Waals surface area (Å²) in [7, 11) is 0. The first-order valence-electron chi connectivity index (χ1n) is 8.51. The van der Waals surface area contributed by atoms with Gasteiger partial charge in [-0.1, -0.05) is 48.5 Å². The molecular weight excluding hydrogens is 355 g/mol. The molecule has 0 bridgehead atoms. The van der Waals surface area contributed by atoms with E-state index >= 15 is 0 Å². The molecule has 0 saturated heterocycles. The third kappa shape index (κ3) is 4.43. The van der Waals surface area contributed by atoms with Crippen LogP contribution in [0.15, 0.2) is 48.5 Å². The van der Waals surface area contributed by atoms with E-state index in [2.05, 4.69) is 11.2 Å². The predicted octanol–water partition coefficient (Wildman–Crippen LogP) is 4.87. The Hall–Kier alpha value is -2.94. The minimum atomic E-state index is -4.42. The number of alkyl halides is 3. The number of carbonyl (C=O) groups is 1. The summed E-state index contributed by atoms with van der Waals surface area (Å²) in [6.45, 7) is 0.0364. The van der Waals surface area contributed by atoms with Gasteiger partial charge in [-0.2, -0.15) is 13.2 Å². The molecule has 140 valence electrons. The van der Waals surface area contributed by atoms with E-state index < -0.39 is 24.7 Å². The topological polar surface area (TPSA) is 38.3 Å². The number of amides is 1. The Morgan fingerprint density at radius 2 is 1.67 bits per heavy atom. The van der Waals surface area contributed by atoms with Gasteiger partial charge in [0.1, 0.15) is 6.61 Å². The molecule has 1 aliphatic carbocycles. The van der Waals surface area contributed by atoms with Gasteiger partial charge in [0, 0.05) is 12.3 Å². The first kappa shape index (κ1) is 18.8. The number of alkyl carbamates (subject to hydrolysis) is 1. The molecule has 1 aliphatic rings. The van der Waals surface area contributed by atoms with E-state index in [1.807, 2.05) is 48.5 Å². The van der Waals surface area contributed by atoms with E-state index in [0.717, 1.165) is 22.3 Å². The minimum absolute atomic E-state index is 0.0364. The van der Waals surface area contributed by atoms with Crippen molar-refractivity contribution in [2.24, 2.45) is 0 Å². The monoisotopic (exact) mass is 373 g/mol. The molecule has 0 saturated carbocycles. The van der Waals surface area contributed by atoms with Crippen LogP contribution in [0.3, 0.4) is 0 Å². The average molecular weight is 373 g/mol. The van der Waals surface area contributed by atoms with Crippen LogP contribution in [0.4, 0.5) is 18.0 Å². The molecule has 0 spiro atoms. The highest BCUT2D eigenvalue weighted by atomic mass is 19.4. The van der Waals surface area contributed by atoms with Crippen LogP contribution in [0.2, 0.25) is 0 Å². The maximum absolute atomic E-state index is 12.6. The molecule has 2 aromatic rings. The molecule has 0 heterocycles. The van der Waals surface area contributed by atoms with Gasteiger partial charge in [0.15, 0.2) is 0 Å². The number of halogens is 3. The zero-order chi connectivity index (χ0) is 19.4. The summed E-state index contributed by atoms with van der Waals surface area (Å²) in [4.78, 5) is 12.0. The minimum Gasteiger partial charge on any atom is -0.449 e. The number of terminal acetylenes is 1. The van der Waals surface area contributed by atoms with Crippen LogP contribution >= 0.6 is 0 Å². The van der Waals surface area contributed by atoms with Crippen molar-refractivity contribution in [3.63, 3.8) is 0 Å². The molecule has 2 aromatic carbocycles. The molecule has 1 amide bonds. The van der Waals surface area contributed by atoms with E-state index in [1.165, 1.54) is 0 Å². The van der Waals surface area contributed by atoms with Crippen LogP contribution < -0.4 is 5.32 Å². The number of hydrogen-bond acceptors (Lipinski definition) is 2. The zero-order valence-electron chi connectivity index (χ0n) is 14.4. The van der Waals surface area contributed by atoms with Gasteiger partial charge in [-0.3, -0.25) is 0 Å². The fraction of sp³-hybridized carbons (Fsp3) is 0.286. The van der Waals surface area contributed by atoms with Crippen molar-refractivity contribution >= 4 is 6.09 Å². The summed E-state index contributed by atoms with van der Waals surface area (Å²) in [6, 6.07) is 14.4. The first-order chi connectivity index (χ1) is 12.9. The average Bonchev–Trinajstić information content (AvgIpc) is 2.93. The summed E-state index contributed by atoms with van der Waals surface area (Å²) in [6.07, 6.45) is -1.64. The lowest BCUT2D eigenvalue weighted by Gasteiger charge is -2.19. The summed E-state index contributed by atoms with van der Waals surface area (Å²) in [5, 5.41) is 2.22. The third-order valence-electron chi connectivity index (χ3n) is 4.51. The van der Waals surface area contributed by atoms with Crippen LogP contribution in [-0.2, 0) is 4.74 Å². The van der Waals surface area contributed by atoms with Gasteiger partial charge >= 0.3 is 12.3 Å².